The molecule has 2 aromatic heterocycles. The summed E-state index contributed by atoms with van der Waals surface area (Å²) in [6, 6.07) is 9.44. The van der Waals surface area contributed by atoms with Crippen LogP contribution in [0.5, 0.6) is 5.75 Å². The molecule has 9 nitrogen and oxygen atoms in total. The van der Waals surface area contributed by atoms with E-state index >= 15 is 0 Å². The van der Waals surface area contributed by atoms with Gasteiger partial charge in [0, 0.05) is 42.4 Å². The molecule has 10 heteroatoms. The highest BCUT2D eigenvalue weighted by Gasteiger charge is 2.20. The lowest BCUT2D eigenvalue weighted by Crippen LogP contribution is -2.24. The summed E-state index contributed by atoms with van der Waals surface area (Å²) in [6.45, 7) is 9.12. The van der Waals surface area contributed by atoms with Gasteiger partial charge >= 0.3 is 0 Å². The summed E-state index contributed by atoms with van der Waals surface area (Å²) in [5.41, 5.74) is 1.68. The quantitative estimate of drug-likeness (QED) is 0.424. The number of amides is 1. The molecule has 3 aromatic rings. The van der Waals surface area contributed by atoms with Gasteiger partial charge in [0.1, 0.15) is 0 Å². The number of carbonyl (C=O) groups is 1. The summed E-state index contributed by atoms with van der Waals surface area (Å²) in [4.78, 5) is 23.8. The Morgan fingerprint density at radius 2 is 1.90 bits per heavy atom. The molecular weight excluding hydrogens is 414 g/mol. The van der Waals surface area contributed by atoms with Crippen LogP contribution in [0.4, 0.5) is 23.1 Å². The van der Waals surface area contributed by atoms with Crippen LogP contribution in [0.25, 0.3) is 0 Å². The van der Waals surface area contributed by atoms with Gasteiger partial charge in [-0.15, -0.1) is 0 Å². The van der Waals surface area contributed by atoms with E-state index in [0.29, 0.717) is 22.5 Å². The lowest BCUT2D eigenvalue weighted by Gasteiger charge is -2.23. The molecule has 0 saturated carbocycles. The molecule has 3 N–H and O–H groups in total. The minimum atomic E-state index is -0.105. The average molecular weight is 442 g/mol. The molecule has 3 rings (SSSR count). The van der Waals surface area contributed by atoms with E-state index < -0.39 is 0 Å². The fourth-order valence-corrected chi connectivity index (χ4v) is 3.74. The van der Waals surface area contributed by atoms with E-state index in [0.717, 1.165) is 35.2 Å². The molecule has 1 aromatic carbocycles. The Morgan fingerprint density at radius 3 is 2.45 bits per heavy atom. The SMILES string of the molecule is CCN(CC)c1nc(Sc2ccc(NC(C)=O)cc2)nc(Nc2cc(C)[nH]n2)c1OC. The lowest BCUT2D eigenvalue weighted by molar-refractivity contribution is -0.114. The zero-order valence-electron chi connectivity index (χ0n) is 18.3. The molecule has 0 saturated heterocycles. The summed E-state index contributed by atoms with van der Waals surface area (Å²) in [5.74, 6) is 2.37. The van der Waals surface area contributed by atoms with Gasteiger partial charge in [-0.05, 0) is 56.8 Å². The minimum Gasteiger partial charge on any atom is -0.490 e. The van der Waals surface area contributed by atoms with Crippen LogP contribution in [0, 0.1) is 6.92 Å². The number of ether oxygens (including phenoxy) is 1. The average Bonchev–Trinajstić information content (AvgIpc) is 3.14. The van der Waals surface area contributed by atoms with Crippen LogP contribution >= 0.6 is 11.8 Å². The predicted molar refractivity (Wildman–Crippen MR) is 124 cm³/mol. The Labute approximate surface area is 186 Å². The van der Waals surface area contributed by atoms with Crippen molar-refractivity contribution >= 4 is 40.8 Å². The van der Waals surface area contributed by atoms with Crippen LogP contribution in [0.2, 0.25) is 0 Å². The molecule has 164 valence electrons. The normalized spacial score (nSPS) is 10.6. The van der Waals surface area contributed by atoms with Crippen molar-refractivity contribution in [2.45, 2.75) is 37.7 Å². The third-order valence-corrected chi connectivity index (χ3v) is 5.30. The molecule has 2 heterocycles. The van der Waals surface area contributed by atoms with Gasteiger partial charge in [0.25, 0.3) is 0 Å². The maximum atomic E-state index is 11.2. The molecule has 0 aliphatic rings. The van der Waals surface area contributed by atoms with Gasteiger partial charge in [-0.2, -0.15) is 5.10 Å². The van der Waals surface area contributed by atoms with E-state index in [9.17, 15) is 4.79 Å². The molecule has 0 aliphatic carbocycles. The first-order valence-corrected chi connectivity index (χ1v) is 10.8. The van der Waals surface area contributed by atoms with Crippen LogP contribution in [0.15, 0.2) is 40.4 Å². The zero-order chi connectivity index (χ0) is 22.4. The van der Waals surface area contributed by atoms with Gasteiger partial charge < -0.3 is 20.3 Å². The van der Waals surface area contributed by atoms with Gasteiger partial charge in [-0.1, -0.05) is 0 Å². The number of nitrogens with zero attached hydrogens (tertiary/aromatic N) is 4. The second-order valence-electron chi connectivity index (χ2n) is 6.75. The van der Waals surface area contributed by atoms with E-state index in [1.54, 1.807) is 7.11 Å². The topological polar surface area (TPSA) is 108 Å². The van der Waals surface area contributed by atoms with Gasteiger partial charge in [-0.3, -0.25) is 9.89 Å². The molecule has 0 atom stereocenters. The van der Waals surface area contributed by atoms with Crippen molar-refractivity contribution in [3.8, 4) is 5.75 Å². The molecule has 1 amide bonds. The number of aromatic nitrogens is 4. The number of anilines is 4. The Kier molecular flexibility index (Phi) is 7.35. The Bertz CT molecular complexity index is 1030. The number of nitrogens with one attached hydrogen (secondary N) is 3. The maximum Gasteiger partial charge on any atom is 0.221 e. The summed E-state index contributed by atoms with van der Waals surface area (Å²) < 4.78 is 5.68. The fourth-order valence-electron chi connectivity index (χ4n) is 2.99. The van der Waals surface area contributed by atoms with E-state index in [-0.39, 0.29) is 5.91 Å². The van der Waals surface area contributed by atoms with E-state index in [2.05, 4.69) is 39.6 Å². The fraction of sp³-hybridized carbons (Fsp3) is 0.333. The molecule has 0 fully saturated rings. The zero-order valence-corrected chi connectivity index (χ0v) is 19.1. The standard InChI is InChI=1S/C21H27N7O2S/c1-6-28(7-2)20-18(30-5)19(23-17-12-13(3)26-27-17)24-21(25-20)31-16-10-8-15(9-11-16)22-14(4)29/h8-12H,6-7H2,1-5H3,(H,22,29)(H2,23,24,25,26,27). The summed E-state index contributed by atoms with van der Waals surface area (Å²) in [7, 11) is 1.61. The highest BCUT2D eigenvalue weighted by Crippen LogP contribution is 2.38. The maximum absolute atomic E-state index is 11.2. The number of rotatable bonds is 9. The smallest absolute Gasteiger partial charge is 0.221 e. The first kappa shape index (κ1) is 22.4. The Morgan fingerprint density at radius 1 is 1.19 bits per heavy atom. The van der Waals surface area contributed by atoms with Crippen LogP contribution in [-0.4, -0.2) is 46.3 Å². The van der Waals surface area contributed by atoms with E-state index in [1.807, 2.05) is 37.3 Å². The Balaban J connectivity index is 1.97. The number of carbonyl (C=O) groups excluding carboxylic acids is 1. The lowest BCUT2D eigenvalue weighted by atomic mass is 10.3. The number of hydrogen-bond acceptors (Lipinski definition) is 8. The van der Waals surface area contributed by atoms with Gasteiger partial charge in [0.2, 0.25) is 11.7 Å². The molecule has 0 unspecified atom stereocenters. The van der Waals surface area contributed by atoms with Crippen LogP contribution in [0.1, 0.15) is 26.5 Å². The molecule has 31 heavy (non-hydrogen) atoms. The first-order valence-electron chi connectivity index (χ1n) is 9.99. The predicted octanol–water partition coefficient (Wildman–Crippen LogP) is 4.22. The van der Waals surface area contributed by atoms with Crippen molar-refractivity contribution in [1.82, 2.24) is 20.2 Å². The number of hydrogen-bond donors (Lipinski definition) is 3. The first-order chi connectivity index (χ1) is 14.9. The number of methoxy groups -OCH3 is 1. The minimum absolute atomic E-state index is 0.105. The number of aryl methyl sites for hydroxylation is 1. The monoisotopic (exact) mass is 441 g/mol. The van der Waals surface area contributed by atoms with Crippen LogP contribution in [-0.2, 0) is 4.79 Å². The van der Waals surface area contributed by atoms with Crippen molar-refractivity contribution in [2.24, 2.45) is 0 Å². The number of aromatic amines is 1. The second kappa shape index (κ2) is 10.2. The van der Waals surface area contributed by atoms with Crippen molar-refractivity contribution < 1.29 is 9.53 Å². The number of H-pyrrole nitrogens is 1. The third kappa shape index (κ3) is 5.66. The van der Waals surface area contributed by atoms with Crippen molar-refractivity contribution in [3.05, 3.63) is 36.0 Å². The van der Waals surface area contributed by atoms with Gasteiger partial charge in [-0.25, -0.2) is 9.97 Å². The summed E-state index contributed by atoms with van der Waals surface area (Å²) >= 11 is 1.43. The number of benzene rings is 1. The Hall–Kier alpha value is -3.27. The van der Waals surface area contributed by atoms with Crippen molar-refractivity contribution in [3.63, 3.8) is 0 Å². The molecule has 0 aliphatic heterocycles. The van der Waals surface area contributed by atoms with Gasteiger partial charge in [0.05, 0.1) is 7.11 Å². The summed E-state index contributed by atoms with van der Waals surface area (Å²) in [5, 5.41) is 13.7. The van der Waals surface area contributed by atoms with Crippen molar-refractivity contribution in [2.75, 3.05) is 35.7 Å². The highest BCUT2D eigenvalue weighted by atomic mass is 32.2. The second-order valence-corrected chi connectivity index (χ2v) is 7.79. The largest absolute Gasteiger partial charge is 0.490 e. The van der Waals surface area contributed by atoms with Crippen LogP contribution in [0.3, 0.4) is 0 Å². The third-order valence-electron chi connectivity index (χ3n) is 4.43. The van der Waals surface area contributed by atoms with Crippen LogP contribution < -0.4 is 20.3 Å². The van der Waals surface area contributed by atoms with Gasteiger partial charge in [0.15, 0.2) is 22.6 Å². The van der Waals surface area contributed by atoms with E-state index in [1.165, 1.54) is 18.7 Å². The van der Waals surface area contributed by atoms with Crippen molar-refractivity contribution in [1.29, 1.82) is 0 Å². The molecular formula is C21H27N7O2S. The summed E-state index contributed by atoms with van der Waals surface area (Å²) in [6.07, 6.45) is 0. The molecule has 0 radical (unpaired) electrons. The van der Waals surface area contributed by atoms with E-state index in [4.69, 9.17) is 14.7 Å². The molecule has 0 spiro atoms. The molecule has 0 bridgehead atoms. The highest BCUT2D eigenvalue weighted by molar-refractivity contribution is 7.99.